The van der Waals surface area contributed by atoms with Gasteiger partial charge in [-0.15, -0.1) is 0 Å². The average molecular weight is 591 g/mol. The smallest absolute Gasteiger partial charge is 0.287 e. The number of hydrogen-bond acceptors (Lipinski definition) is 7. The molecular weight excluding hydrogens is 556 g/mol. The maximum Gasteiger partial charge on any atom is 0.287 e. The molecule has 4 aromatic carbocycles. The van der Waals surface area contributed by atoms with Crippen molar-refractivity contribution in [3.05, 3.63) is 143 Å². The molecule has 0 spiro atoms. The van der Waals surface area contributed by atoms with E-state index in [-0.39, 0.29) is 24.5 Å². The van der Waals surface area contributed by atoms with Gasteiger partial charge in [-0.3, -0.25) is 9.69 Å². The van der Waals surface area contributed by atoms with Crippen LogP contribution in [0.3, 0.4) is 0 Å². The van der Waals surface area contributed by atoms with Gasteiger partial charge in [-0.05, 0) is 58.7 Å². The van der Waals surface area contributed by atoms with Crippen molar-refractivity contribution in [2.24, 2.45) is 0 Å². The van der Waals surface area contributed by atoms with Gasteiger partial charge in [-0.25, -0.2) is 0 Å². The van der Waals surface area contributed by atoms with Crippen LogP contribution in [0.1, 0.15) is 44.6 Å². The molecule has 1 N–H and O–H groups in total. The van der Waals surface area contributed by atoms with Gasteiger partial charge < -0.3 is 28.7 Å². The summed E-state index contributed by atoms with van der Waals surface area (Å²) < 4.78 is 28.2. The van der Waals surface area contributed by atoms with Crippen LogP contribution in [0.5, 0.6) is 23.0 Å². The quantitative estimate of drug-likeness (QED) is 0.172. The molecule has 0 radical (unpaired) electrons. The highest BCUT2D eigenvalue weighted by Gasteiger charge is 2.21. The van der Waals surface area contributed by atoms with Gasteiger partial charge in [0.2, 0.25) is 6.79 Å². The van der Waals surface area contributed by atoms with E-state index in [2.05, 4.69) is 10.2 Å². The summed E-state index contributed by atoms with van der Waals surface area (Å²) in [6.07, 6.45) is 0. The number of hydrogen-bond donors (Lipinski definition) is 1. The number of nitrogens with zero attached hydrogens (tertiary/aromatic N) is 1. The summed E-state index contributed by atoms with van der Waals surface area (Å²) in [6.45, 7) is 1.90. The average Bonchev–Trinajstić information content (AvgIpc) is 3.74. The lowest BCUT2D eigenvalue weighted by atomic mass is 9.98. The highest BCUT2D eigenvalue weighted by molar-refractivity contribution is 5.92. The Morgan fingerprint density at radius 1 is 0.727 bits per heavy atom. The molecule has 44 heavy (non-hydrogen) atoms. The second-order valence-electron chi connectivity index (χ2n) is 10.5. The molecule has 0 fully saturated rings. The Balaban J connectivity index is 1.22. The molecule has 0 aliphatic carbocycles. The number of rotatable bonds is 12. The lowest BCUT2D eigenvalue weighted by molar-refractivity contribution is 0.0910. The third kappa shape index (κ3) is 6.71. The van der Waals surface area contributed by atoms with Gasteiger partial charge in [0.1, 0.15) is 5.76 Å². The Hall–Kier alpha value is -5.21. The number of benzene rings is 4. The largest absolute Gasteiger partial charge is 0.493 e. The zero-order valence-electron chi connectivity index (χ0n) is 24.7. The first-order chi connectivity index (χ1) is 21.6. The van der Waals surface area contributed by atoms with Crippen LogP contribution in [0.2, 0.25) is 0 Å². The number of carbonyl (C=O) groups excluding carboxylic acids is 1. The summed E-state index contributed by atoms with van der Waals surface area (Å²) in [4.78, 5) is 15.7. The fourth-order valence-corrected chi connectivity index (χ4v) is 5.36. The summed E-state index contributed by atoms with van der Waals surface area (Å²) in [5.74, 6) is 3.46. The van der Waals surface area contributed by atoms with Gasteiger partial charge >= 0.3 is 0 Å². The number of fused-ring (bicyclic) bond motifs is 1. The summed E-state index contributed by atoms with van der Waals surface area (Å²) in [6, 6.07) is 34.9. The molecule has 5 aromatic rings. The van der Waals surface area contributed by atoms with Gasteiger partial charge in [0, 0.05) is 13.1 Å². The predicted molar refractivity (Wildman–Crippen MR) is 166 cm³/mol. The van der Waals surface area contributed by atoms with Gasteiger partial charge in [0.15, 0.2) is 28.8 Å². The molecular formula is C36H34N2O6. The first-order valence-electron chi connectivity index (χ1n) is 14.4. The Labute approximate surface area is 256 Å². The molecule has 6 rings (SSSR count). The molecule has 2 heterocycles. The number of nitrogens with one attached hydrogen (secondary N) is 1. The fourth-order valence-electron chi connectivity index (χ4n) is 5.36. The number of carbonyl (C=O) groups is 1. The minimum atomic E-state index is -0.314. The molecule has 0 saturated heterocycles. The van der Waals surface area contributed by atoms with Gasteiger partial charge in [-0.1, -0.05) is 72.8 Å². The molecule has 0 bridgehead atoms. The lowest BCUT2D eigenvalue weighted by Crippen LogP contribution is -2.29. The van der Waals surface area contributed by atoms with E-state index in [4.69, 9.17) is 23.4 Å². The van der Waals surface area contributed by atoms with Crippen molar-refractivity contribution in [3.8, 4) is 23.0 Å². The van der Waals surface area contributed by atoms with Crippen LogP contribution in [-0.2, 0) is 19.6 Å². The molecule has 1 amide bonds. The van der Waals surface area contributed by atoms with Crippen molar-refractivity contribution < 1.29 is 28.2 Å². The predicted octanol–water partition coefficient (Wildman–Crippen LogP) is 6.75. The van der Waals surface area contributed by atoms with Crippen molar-refractivity contribution >= 4 is 5.91 Å². The van der Waals surface area contributed by atoms with E-state index in [1.54, 1.807) is 20.3 Å². The molecule has 0 unspecified atom stereocenters. The van der Waals surface area contributed by atoms with E-state index in [0.717, 1.165) is 33.8 Å². The maximum atomic E-state index is 13.5. The van der Waals surface area contributed by atoms with Crippen molar-refractivity contribution in [2.75, 3.05) is 21.0 Å². The second-order valence-corrected chi connectivity index (χ2v) is 10.5. The Kier molecular flexibility index (Phi) is 8.80. The molecule has 1 aromatic heterocycles. The van der Waals surface area contributed by atoms with E-state index < -0.39 is 0 Å². The van der Waals surface area contributed by atoms with E-state index in [0.29, 0.717) is 36.9 Å². The lowest BCUT2D eigenvalue weighted by Gasteiger charge is -2.22. The second kappa shape index (κ2) is 13.4. The van der Waals surface area contributed by atoms with Crippen LogP contribution in [0.15, 0.2) is 114 Å². The Morgan fingerprint density at radius 2 is 1.36 bits per heavy atom. The van der Waals surface area contributed by atoms with Crippen LogP contribution in [-0.4, -0.2) is 31.8 Å². The normalized spacial score (nSPS) is 12.0. The fraction of sp³-hybridized carbons (Fsp3) is 0.194. The summed E-state index contributed by atoms with van der Waals surface area (Å²) in [5.41, 5.74) is 4.08. The number of furan rings is 1. The van der Waals surface area contributed by atoms with Crippen LogP contribution in [0.4, 0.5) is 0 Å². The molecule has 8 nitrogen and oxygen atoms in total. The molecule has 1 aliphatic rings. The monoisotopic (exact) mass is 590 g/mol. The van der Waals surface area contributed by atoms with E-state index >= 15 is 0 Å². The number of amides is 1. The topological polar surface area (TPSA) is 82.4 Å². The summed E-state index contributed by atoms with van der Waals surface area (Å²) in [5, 5.41) is 3.16. The van der Waals surface area contributed by atoms with Crippen molar-refractivity contribution in [2.45, 2.75) is 25.7 Å². The van der Waals surface area contributed by atoms with Gasteiger partial charge in [0.25, 0.3) is 5.91 Å². The minimum Gasteiger partial charge on any atom is -0.493 e. The van der Waals surface area contributed by atoms with E-state index in [1.165, 1.54) is 0 Å². The molecule has 0 atom stereocenters. The molecule has 0 saturated carbocycles. The van der Waals surface area contributed by atoms with Crippen LogP contribution in [0, 0.1) is 0 Å². The summed E-state index contributed by atoms with van der Waals surface area (Å²) in [7, 11) is 3.25. The molecule has 1 aliphatic heterocycles. The zero-order chi connectivity index (χ0) is 30.3. The minimum absolute atomic E-state index is 0.223. The zero-order valence-corrected chi connectivity index (χ0v) is 24.7. The van der Waals surface area contributed by atoms with Crippen LogP contribution >= 0.6 is 0 Å². The van der Waals surface area contributed by atoms with Gasteiger partial charge in [-0.2, -0.15) is 0 Å². The van der Waals surface area contributed by atoms with Crippen LogP contribution < -0.4 is 24.3 Å². The van der Waals surface area contributed by atoms with Crippen molar-refractivity contribution in [1.82, 2.24) is 10.2 Å². The number of ether oxygens (including phenoxy) is 4. The standard InChI is InChI=1S/C36H34N2O6/c1-40-30-16-13-25(19-33(30)41-2)21-38(22-26-14-17-31-34(20-26)43-24-42-31)23-29-15-18-32(44-29)36(39)37-35(27-9-5-3-6-10-27)28-11-7-4-8-12-28/h3-20,35H,21-24H2,1-2H3,(H,37,39). The SMILES string of the molecule is COc1ccc(CN(Cc2ccc3c(c2)OCO3)Cc2ccc(C(=O)NC(c3ccccc3)c3ccccc3)o2)cc1OC. The highest BCUT2D eigenvalue weighted by Crippen LogP contribution is 2.34. The maximum absolute atomic E-state index is 13.5. The van der Waals surface area contributed by atoms with E-state index in [1.807, 2.05) is 103 Å². The first kappa shape index (κ1) is 28.9. The first-order valence-corrected chi connectivity index (χ1v) is 14.4. The van der Waals surface area contributed by atoms with Crippen molar-refractivity contribution in [3.63, 3.8) is 0 Å². The third-order valence-electron chi connectivity index (χ3n) is 7.50. The highest BCUT2D eigenvalue weighted by atomic mass is 16.7. The van der Waals surface area contributed by atoms with Crippen molar-refractivity contribution in [1.29, 1.82) is 0 Å². The number of methoxy groups -OCH3 is 2. The Bertz CT molecular complexity index is 1660. The molecule has 8 heteroatoms. The van der Waals surface area contributed by atoms with Gasteiger partial charge in [0.05, 0.1) is 26.8 Å². The third-order valence-corrected chi connectivity index (χ3v) is 7.50. The molecule has 224 valence electrons. The Morgan fingerprint density at radius 3 is 2.05 bits per heavy atom. The van der Waals surface area contributed by atoms with E-state index in [9.17, 15) is 4.79 Å². The van der Waals surface area contributed by atoms with Crippen LogP contribution in [0.25, 0.3) is 0 Å². The summed E-state index contributed by atoms with van der Waals surface area (Å²) >= 11 is 0.